The van der Waals surface area contributed by atoms with Crippen molar-refractivity contribution in [2.24, 2.45) is 0 Å². The third kappa shape index (κ3) is 6.36. The number of hydrogen-bond acceptors (Lipinski definition) is 6. The Morgan fingerprint density at radius 2 is 1.89 bits per heavy atom. The molecule has 186 valence electrons. The Hall–Kier alpha value is -3.47. The lowest BCUT2D eigenvalue weighted by molar-refractivity contribution is -0.133. The number of pyridine rings is 3. The molecule has 4 heterocycles. The van der Waals surface area contributed by atoms with E-state index in [4.69, 9.17) is 0 Å². The first kappa shape index (κ1) is 24.6. The lowest BCUT2D eigenvalue weighted by Gasteiger charge is -2.36. The first-order valence-corrected chi connectivity index (χ1v) is 11.5. The van der Waals surface area contributed by atoms with Crippen LogP contribution in [0.15, 0.2) is 41.5 Å². The molecule has 3 aromatic heterocycles. The van der Waals surface area contributed by atoms with E-state index in [-0.39, 0.29) is 11.3 Å². The molecule has 0 unspecified atom stereocenters. The van der Waals surface area contributed by atoms with Crippen LogP contribution in [0.4, 0.5) is 18.9 Å². The van der Waals surface area contributed by atoms with Crippen LogP contribution in [-0.4, -0.2) is 64.7 Å². The van der Waals surface area contributed by atoms with E-state index in [1.165, 1.54) is 6.07 Å². The Bertz CT molecular complexity index is 1230. The maximum atomic E-state index is 12.2. The van der Waals surface area contributed by atoms with E-state index in [2.05, 4.69) is 30.1 Å². The largest absolute Gasteiger partial charge is 0.390 e. The van der Waals surface area contributed by atoms with Crippen molar-refractivity contribution in [3.05, 3.63) is 63.8 Å². The number of aromatic nitrogens is 3. The molecule has 1 fully saturated rings. The quantitative estimate of drug-likeness (QED) is 0.531. The first-order chi connectivity index (χ1) is 16.7. The molecule has 35 heavy (non-hydrogen) atoms. The summed E-state index contributed by atoms with van der Waals surface area (Å²) in [6.45, 7) is 5.31. The summed E-state index contributed by atoms with van der Waals surface area (Å²) in [6.07, 6.45) is -1.31. The highest BCUT2D eigenvalue weighted by molar-refractivity contribution is 5.92. The van der Waals surface area contributed by atoms with Gasteiger partial charge in [0.05, 0.1) is 29.3 Å². The molecule has 1 aliphatic heterocycles. The van der Waals surface area contributed by atoms with Crippen molar-refractivity contribution in [1.29, 1.82) is 0 Å². The molecule has 8 nitrogen and oxygen atoms in total. The van der Waals surface area contributed by atoms with Gasteiger partial charge in [-0.15, -0.1) is 0 Å². The molecule has 4 rings (SSSR count). The number of alkyl halides is 3. The zero-order valence-corrected chi connectivity index (χ0v) is 19.4. The summed E-state index contributed by atoms with van der Waals surface area (Å²) >= 11 is 0. The van der Waals surface area contributed by atoms with Crippen LogP contribution >= 0.6 is 0 Å². The van der Waals surface area contributed by atoms with Gasteiger partial charge in [-0.05, 0) is 36.2 Å². The molecule has 1 saturated heterocycles. The number of nitrogens with zero attached hydrogens (tertiary/aromatic N) is 4. The molecule has 1 amide bonds. The van der Waals surface area contributed by atoms with Gasteiger partial charge in [-0.3, -0.25) is 19.5 Å². The fraction of sp³-hybridized carbons (Fsp3) is 0.417. The van der Waals surface area contributed by atoms with Gasteiger partial charge in [0.2, 0.25) is 0 Å². The van der Waals surface area contributed by atoms with Crippen LogP contribution in [0, 0.1) is 0 Å². The summed E-state index contributed by atoms with van der Waals surface area (Å²) in [4.78, 5) is 40.1. The summed E-state index contributed by atoms with van der Waals surface area (Å²) in [6, 6.07) is 7.09. The zero-order chi connectivity index (χ0) is 25.0. The summed E-state index contributed by atoms with van der Waals surface area (Å²) in [5, 5.41) is 2.24. The second-order valence-corrected chi connectivity index (χ2v) is 8.54. The average Bonchev–Trinajstić information content (AvgIpc) is 2.83. The van der Waals surface area contributed by atoms with Crippen LogP contribution in [0.2, 0.25) is 0 Å². The second-order valence-electron chi connectivity index (χ2n) is 8.54. The van der Waals surface area contributed by atoms with Crippen molar-refractivity contribution < 1.29 is 18.0 Å². The molecule has 0 bridgehead atoms. The number of amides is 1. The molecule has 0 aromatic carbocycles. The number of fused-ring (bicyclic) bond motifs is 1. The normalized spacial score (nSPS) is 14.9. The van der Waals surface area contributed by atoms with Crippen LogP contribution in [0.5, 0.6) is 0 Å². The van der Waals surface area contributed by atoms with E-state index < -0.39 is 25.0 Å². The number of rotatable bonds is 7. The van der Waals surface area contributed by atoms with E-state index in [9.17, 15) is 22.8 Å². The van der Waals surface area contributed by atoms with Crippen LogP contribution < -0.4 is 15.8 Å². The topological polar surface area (TPSA) is 94.2 Å². The monoisotopic (exact) mass is 488 g/mol. The number of halogens is 3. The summed E-state index contributed by atoms with van der Waals surface area (Å²) in [7, 11) is 0. The Balaban J connectivity index is 1.30. The van der Waals surface area contributed by atoms with E-state index in [1.54, 1.807) is 12.3 Å². The molecule has 1 aliphatic rings. The third-order valence-corrected chi connectivity index (χ3v) is 6.03. The van der Waals surface area contributed by atoms with Crippen molar-refractivity contribution in [1.82, 2.24) is 25.2 Å². The van der Waals surface area contributed by atoms with Crippen molar-refractivity contribution in [2.75, 3.05) is 37.6 Å². The molecule has 11 heteroatoms. The summed E-state index contributed by atoms with van der Waals surface area (Å²) in [5.74, 6) is -0.623. The average molecular weight is 489 g/mol. The van der Waals surface area contributed by atoms with E-state index >= 15 is 0 Å². The number of aromatic amines is 1. The number of aryl methyl sites for hydroxylation is 1. The highest BCUT2D eigenvalue weighted by Crippen LogP contribution is 2.19. The number of piperazine rings is 1. The molecule has 0 spiro atoms. The van der Waals surface area contributed by atoms with E-state index in [0.29, 0.717) is 13.0 Å². The predicted molar refractivity (Wildman–Crippen MR) is 126 cm³/mol. The van der Waals surface area contributed by atoms with Gasteiger partial charge >= 0.3 is 6.18 Å². The van der Waals surface area contributed by atoms with E-state index in [1.807, 2.05) is 25.3 Å². The van der Waals surface area contributed by atoms with E-state index in [0.717, 1.165) is 54.0 Å². The molecule has 0 aliphatic carbocycles. The molecule has 2 N–H and O–H groups in total. The number of nitrogens with one attached hydrogen (secondary N) is 2. The van der Waals surface area contributed by atoms with Gasteiger partial charge in [0.1, 0.15) is 5.69 Å². The van der Waals surface area contributed by atoms with Gasteiger partial charge in [-0.25, -0.2) is 4.98 Å². The fourth-order valence-corrected chi connectivity index (χ4v) is 4.05. The summed E-state index contributed by atoms with van der Waals surface area (Å²) < 4.78 is 36.7. The SMILES string of the molecule is CCc1cc2ncc(CN3CCN(c4ccc(C(=O)NCCC(F)(F)F)nc4)CC3)cc2[nH]c1=O. The second kappa shape index (κ2) is 10.4. The van der Waals surface area contributed by atoms with Crippen LogP contribution in [0.3, 0.4) is 0 Å². The maximum Gasteiger partial charge on any atom is 0.390 e. The molecule has 0 atom stereocenters. The van der Waals surface area contributed by atoms with Crippen molar-refractivity contribution in [2.45, 2.75) is 32.5 Å². The summed E-state index contributed by atoms with van der Waals surface area (Å²) in [5.41, 5.74) is 4.12. The number of anilines is 1. The molecule has 0 saturated carbocycles. The lowest BCUT2D eigenvalue weighted by atomic mass is 10.1. The van der Waals surface area contributed by atoms with Gasteiger partial charge in [0, 0.05) is 51.0 Å². The molecule has 0 radical (unpaired) electrons. The first-order valence-electron chi connectivity index (χ1n) is 11.5. The van der Waals surface area contributed by atoms with Gasteiger partial charge < -0.3 is 15.2 Å². The predicted octanol–water partition coefficient (Wildman–Crippen LogP) is 2.88. The number of hydrogen-bond donors (Lipinski definition) is 2. The molecule has 3 aromatic rings. The maximum absolute atomic E-state index is 12.2. The number of H-pyrrole nitrogens is 1. The number of carbonyl (C=O) groups excluding carboxylic acids is 1. The molecular weight excluding hydrogens is 461 g/mol. The third-order valence-electron chi connectivity index (χ3n) is 6.03. The Morgan fingerprint density at radius 1 is 1.11 bits per heavy atom. The molecular formula is C24H27F3N6O2. The van der Waals surface area contributed by atoms with Crippen LogP contribution in [0.25, 0.3) is 11.0 Å². The smallest absolute Gasteiger partial charge is 0.368 e. The highest BCUT2D eigenvalue weighted by atomic mass is 19.4. The van der Waals surface area contributed by atoms with Gasteiger partial charge in [0.25, 0.3) is 11.5 Å². The van der Waals surface area contributed by atoms with Crippen molar-refractivity contribution in [3.63, 3.8) is 0 Å². The fourth-order valence-electron chi connectivity index (χ4n) is 4.05. The van der Waals surface area contributed by atoms with Crippen molar-refractivity contribution in [3.8, 4) is 0 Å². The van der Waals surface area contributed by atoms with Gasteiger partial charge in [0.15, 0.2) is 0 Å². The minimum absolute atomic E-state index is 0.0778. The lowest BCUT2D eigenvalue weighted by Crippen LogP contribution is -2.46. The van der Waals surface area contributed by atoms with Gasteiger partial charge in [-0.1, -0.05) is 6.92 Å². The Morgan fingerprint density at radius 3 is 2.54 bits per heavy atom. The standard InChI is InChI=1S/C24H27F3N6O2/c1-2-17-12-20-21(31-22(17)34)11-16(13-29-20)15-32-7-9-33(10-8-32)18-3-4-19(30-14-18)23(35)28-6-5-24(25,26)27/h3-4,11-14H,2,5-10,15H2,1H3,(H,28,35)(H,31,34). The zero-order valence-electron chi connectivity index (χ0n) is 19.4. The Labute approximate surface area is 200 Å². The van der Waals surface area contributed by atoms with Crippen LogP contribution in [-0.2, 0) is 13.0 Å². The minimum Gasteiger partial charge on any atom is -0.368 e. The minimum atomic E-state index is -4.31. The van der Waals surface area contributed by atoms with Crippen molar-refractivity contribution >= 4 is 22.6 Å². The van der Waals surface area contributed by atoms with Gasteiger partial charge in [-0.2, -0.15) is 13.2 Å². The highest BCUT2D eigenvalue weighted by Gasteiger charge is 2.26. The number of carbonyl (C=O) groups is 1. The Kier molecular flexibility index (Phi) is 7.34. The van der Waals surface area contributed by atoms with Crippen LogP contribution in [0.1, 0.15) is 35.0 Å².